The number of carboxylic acid groups (broad SMARTS) is 1. The fourth-order valence-corrected chi connectivity index (χ4v) is 2.06. The number of carbonyl (C=O) groups excluding carboxylic acids is 1. The summed E-state index contributed by atoms with van der Waals surface area (Å²) in [7, 11) is 0. The van der Waals surface area contributed by atoms with E-state index in [4.69, 9.17) is 5.11 Å². The van der Waals surface area contributed by atoms with Crippen LogP contribution in [0.15, 0.2) is 0 Å². The molecule has 0 aliphatic heterocycles. The Balaban J connectivity index is 4.21. The lowest BCUT2D eigenvalue weighted by molar-refractivity contribution is -0.140. The van der Waals surface area contributed by atoms with E-state index in [1.807, 2.05) is 13.8 Å². The van der Waals surface area contributed by atoms with Gasteiger partial charge in [0.05, 0.1) is 0 Å². The van der Waals surface area contributed by atoms with Gasteiger partial charge in [-0.1, -0.05) is 53.4 Å². The van der Waals surface area contributed by atoms with Gasteiger partial charge in [0.2, 0.25) is 0 Å². The van der Waals surface area contributed by atoms with E-state index in [0.717, 1.165) is 25.7 Å². The van der Waals surface area contributed by atoms with E-state index < -0.39 is 12.0 Å². The summed E-state index contributed by atoms with van der Waals surface area (Å²) in [6, 6.07) is -1.21. The Bertz CT molecular complexity index is 295. The van der Waals surface area contributed by atoms with Crippen LogP contribution in [-0.2, 0) is 4.79 Å². The van der Waals surface area contributed by atoms with Gasteiger partial charge in [-0.15, -0.1) is 0 Å². The lowest BCUT2D eigenvalue weighted by Gasteiger charge is -2.21. The van der Waals surface area contributed by atoms with Crippen LogP contribution in [0, 0.1) is 11.8 Å². The second-order valence-corrected chi connectivity index (χ2v) is 5.47. The van der Waals surface area contributed by atoms with Gasteiger partial charge in [0.15, 0.2) is 0 Å². The summed E-state index contributed by atoms with van der Waals surface area (Å²) in [5.74, 6) is -0.597. The Morgan fingerprint density at radius 2 is 1.80 bits per heavy atom. The van der Waals surface area contributed by atoms with Crippen molar-refractivity contribution in [1.82, 2.24) is 10.6 Å². The molecule has 2 amide bonds. The highest BCUT2D eigenvalue weighted by Crippen LogP contribution is 2.11. The Morgan fingerprint density at radius 1 is 1.15 bits per heavy atom. The molecule has 3 N–H and O–H groups in total. The van der Waals surface area contributed by atoms with E-state index in [-0.39, 0.29) is 11.9 Å². The number of urea groups is 1. The first-order chi connectivity index (χ1) is 9.46. The number of aliphatic carboxylic acids is 1. The van der Waals surface area contributed by atoms with Crippen LogP contribution in [0.25, 0.3) is 0 Å². The smallest absolute Gasteiger partial charge is 0.326 e. The molecule has 0 heterocycles. The molecule has 5 nitrogen and oxygen atoms in total. The van der Waals surface area contributed by atoms with Gasteiger partial charge in [0.1, 0.15) is 6.04 Å². The normalized spacial score (nSPS) is 15.2. The third kappa shape index (κ3) is 7.36. The highest BCUT2D eigenvalue weighted by molar-refractivity contribution is 5.82. The van der Waals surface area contributed by atoms with E-state index in [0.29, 0.717) is 18.9 Å². The number of carboxylic acids is 1. The SMILES string of the molecule is CCCCC(CC)CNC(=O)N[C@H](C(=O)O)[C@@H](C)CC. The minimum atomic E-state index is -0.979. The molecular weight excluding hydrogens is 256 g/mol. The molecule has 118 valence electrons. The summed E-state index contributed by atoms with van der Waals surface area (Å²) in [6.45, 7) is 8.61. The quantitative estimate of drug-likeness (QED) is 0.577. The molecule has 0 radical (unpaired) electrons. The maximum absolute atomic E-state index is 11.8. The Morgan fingerprint density at radius 3 is 2.25 bits per heavy atom. The zero-order valence-corrected chi connectivity index (χ0v) is 13.2. The molecule has 3 atom stereocenters. The number of hydrogen-bond acceptors (Lipinski definition) is 2. The highest BCUT2D eigenvalue weighted by atomic mass is 16.4. The summed E-state index contributed by atoms with van der Waals surface area (Å²) in [5.41, 5.74) is 0. The standard InChI is InChI=1S/C15H30N2O3/c1-5-8-9-12(7-3)10-16-15(20)17-13(14(18)19)11(4)6-2/h11-13H,5-10H2,1-4H3,(H,18,19)(H2,16,17,20)/t11-,12?,13-/m0/s1. The van der Waals surface area contributed by atoms with Gasteiger partial charge in [-0.2, -0.15) is 0 Å². The molecule has 0 spiro atoms. The largest absolute Gasteiger partial charge is 0.480 e. The molecule has 0 fully saturated rings. The Kier molecular flexibility index (Phi) is 9.86. The lowest BCUT2D eigenvalue weighted by Crippen LogP contribution is -2.49. The van der Waals surface area contributed by atoms with Gasteiger partial charge in [-0.05, 0) is 18.3 Å². The number of amides is 2. The third-order valence-corrected chi connectivity index (χ3v) is 3.86. The predicted molar refractivity (Wildman–Crippen MR) is 80.7 cm³/mol. The lowest BCUT2D eigenvalue weighted by atomic mass is 9.99. The van der Waals surface area contributed by atoms with Crippen LogP contribution >= 0.6 is 0 Å². The number of hydrogen-bond donors (Lipinski definition) is 3. The van der Waals surface area contributed by atoms with Crippen LogP contribution in [0.4, 0.5) is 4.79 Å². The van der Waals surface area contributed by atoms with Crippen LogP contribution < -0.4 is 10.6 Å². The molecule has 0 bridgehead atoms. The number of rotatable bonds is 10. The molecule has 0 aliphatic carbocycles. The molecule has 0 aliphatic rings. The first-order valence-corrected chi connectivity index (χ1v) is 7.73. The van der Waals surface area contributed by atoms with Crippen LogP contribution in [-0.4, -0.2) is 29.7 Å². The summed E-state index contributed by atoms with van der Waals surface area (Å²) >= 11 is 0. The van der Waals surface area contributed by atoms with Crippen molar-refractivity contribution in [1.29, 1.82) is 0 Å². The van der Waals surface area contributed by atoms with Crippen molar-refractivity contribution in [2.45, 2.75) is 65.8 Å². The van der Waals surface area contributed by atoms with Crippen LogP contribution in [0.3, 0.4) is 0 Å². The van der Waals surface area contributed by atoms with Crippen molar-refractivity contribution in [3.8, 4) is 0 Å². The topological polar surface area (TPSA) is 78.4 Å². The minimum Gasteiger partial charge on any atom is -0.480 e. The minimum absolute atomic E-state index is 0.0830. The van der Waals surface area contributed by atoms with Gasteiger partial charge in [0.25, 0.3) is 0 Å². The zero-order chi connectivity index (χ0) is 15.5. The number of carbonyl (C=O) groups is 2. The van der Waals surface area contributed by atoms with Crippen LogP contribution in [0.2, 0.25) is 0 Å². The Hall–Kier alpha value is -1.26. The van der Waals surface area contributed by atoms with Crippen LogP contribution in [0.1, 0.15) is 59.8 Å². The average Bonchev–Trinajstić information content (AvgIpc) is 2.43. The molecular formula is C15H30N2O3. The fraction of sp³-hybridized carbons (Fsp3) is 0.867. The molecule has 0 saturated heterocycles. The molecule has 0 saturated carbocycles. The Labute approximate surface area is 122 Å². The van der Waals surface area contributed by atoms with Crippen molar-refractivity contribution in [2.24, 2.45) is 11.8 Å². The second-order valence-electron chi connectivity index (χ2n) is 5.47. The molecule has 0 aromatic heterocycles. The molecule has 0 aromatic carbocycles. The molecule has 20 heavy (non-hydrogen) atoms. The van der Waals surface area contributed by atoms with E-state index in [1.54, 1.807) is 0 Å². The maximum atomic E-state index is 11.8. The van der Waals surface area contributed by atoms with Gasteiger partial charge in [-0.3, -0.25) is 0 Å². The van der Waals surface area contributed by atoms with Gasteiger partial charge >= 0.3 is 12.0 Å². The third-order valence-electron chi connectivity index (χ3n) is 3.86. The average molecular weight is 286 g/mol. The predicted octanol–water partition coefficient (Wildman–Crippen LogP) is 3.00. The zero-order valence-electron chi connectivity index (χ0n) is 13.2. The molecule has 0 aromatic rings. The van der Waals surface area contributed by atoms with Crippen molar-refractivity contribution < 1.29 is 14.7 Å². The van der Waals surface area contributed by atoms with E-state index >= 15 is 0 Å². The molecule has 5 heteroatoms. The van der Waals surface area contributed by atoms with Crippen molar-refractivity contribution in [3.63, 3.8) is 0 Å². The van der Waals surface area contributed by atoms with Gasteiger partial charge in [0, 0.05) is 6.54 Å². The highest BCUT2D eigenvalue weighted by Gasteiger charge is 2.25. The maximum Gasteiger partial charge on any atom is 0.326 e. The van der Waals surface area contributed by atoms with E-state index in [1.165, 1.54) is 0 Å². The fourth-order valence-electron chi connectivity index (χ4n) is 2.06. The molecule has 1 unspecified atom stereocenters. The summed E-state index contributed by atoms with van der Waals surface area (Å²) in [6.07, 6.45) is 5.14. The van der Waals surface area contributed by atoms with Crippen LogP contribution in [0.5, 0.6) is 0 Å². The first kappa shape index (κ1) is 18.7. The summed E-state index contributed by atoms with van der Waals surface area (Å²) < 4.78 is 0. The second kappa shape index (κ2) is 10.5. The van der Waals surface area contributed by atoms with E-state index in [2.05, 4.69) is 24.5 Å². The van der Waals surface area contributed by atoms with Gasteiger partial charge in [-0.25, -0.2) is 9.59 Å². The number of unbranched alkanes of at least 4 members (excludes halogenated alkanes) is 1. The molecule has 0 rings (SSSR count). The number of nitrogens with one attached hydrogen (secondary N) is 2. The summed E-state index contributed by atoms with van der Waals surface area (Å²) in [5, 5.41) is 14.5. The van der Waals surface area contributed by atoms with E-state index in [9.17, 15) is 9.59 Å². The van der Waals surface area contributed by atoms with Gasteiger partial charge < -0.3 is 15.7 Å². The van der Waals surface area contributed by atoms with Crippen molar-refractivity contribution >= 4 is 12.0 Å². The van der Waals surface area contributed by atoms with Crippen molar-refractivity contribution in [2.75, 3.05) is 6.54 Å². The van der Waals surface area contributed by atoms with Crippen molar-refractivity contribution in [3.05, 3.63) is 0 Å². The first-order valence-electron chi connectivity index (χ1n) is 7.73. The summed E-state index contributed by atoms with van der Waals surface area (Å²) in [4.78, 5) is 22.9. The monoisotopic (exact) mass is 286 g/mol.